The maximum Gasteiger partial charge on any atom is 0.343 e. The average molecular weight is 356 g/mol. The second-order valence-corrected chi connectivity index (χ2v) is 8.24. The lowest BCUT2D eigenvalue weighted by molar-refractivity contribution is -0.225. The molecule has 26 heavy (non-hydrogen) atoms. The Hall–Kier alpha value is -1.81. The lowest BCUT2D eigenvalue weighted by Gasteiger charge is -2.46. The molecule has 0 radical (unpaired) electrons. The molecule has 3 aliphatic rings. The van der Waals surface area contributed by atoms with Crippen molar-refractivity contribution >= 4 is 5.97 Å². The van der Waals surface area contributed by atoms with Crippen LogP contribution in [0.1, 0.15) is 64.5 Å². The number of ether oxygens (including phenoxy) is 3. The topological polar surface area (TPSA) is 44.8 Å². The number of rotatable bonds is 2. The number of esters is 1. The quantitative estimate of drug-likeness (QED) is 0.707. The molecule has 3 atom stereocenters. The third-order valence-electron chi connectivity index (χ3n) is 5.83. The molecule has 2 heterocycles. The fourth-order valence-electron chi connectivity index (χ4n) is 4.59. The second-order valence-electron chi connectivity index (χ2n) is 8.24. The van der Waals surface area contributed by atoms with Crippen molar-refractivity contribution in [2.45, 2.75) is 70.9 Å². The van der Waals surface area contributed by atoms with Crippen LogP contribution in [0.5, 0.6) is 0 Å². The van der Waals surface area contributed by atoms with Gasteiger partial charge in [0.05, 0.1) is 12.2 Å². The minimum Gasteiger partial charge on any atom is -0.456 e. The number of hydrogen-bond acceptors (Lipinski definition) is 4. The Morgan fingerprint density at radius 2 is 1.65 bits per heavy atom. The van der Waals surface area contributed by atoms with Crippen LogP contribution < -0.4 is 0 Å². The summed E-state index contributed by atoms with van der Waals surface area (Å²) >= 11 is 0. The number of cyclic esters (lactones) is 1. The molecular formula is C22H28O4. The first-order valence-electron chi connectivity index (χ1n) is 9.83. The summed E-state index contributed by atoms with van der Waals surface area (Å²) in [6.45, 7) is 5.67. The van der Waals surface area contributed by atoms with Crippen molar-refractivity contribution in [1.82, 2.24) is 0 Å². The zero-order valence-electron chi connectivity index (χ0n) is 15.9. The van der Waals surface area contributed by atoms with Gasteiger partial charge in [-0.2, -0.15) is 0 Å². The van der Waals surface area contributed by atoms with E-state index in [0.29, 0.717) is 11.5 Å². The lowest BCUT2D eigenvalue weighted by atomic mass is 9.78. The van der Waals surface area contributed by atoms with Gasteiger partial charge in [-0.1, -0.05) is 56.5 Å². The third-order valence-corrected chi connectivity index (χ3v) is 5.83. The van der Waals surface area contributed by atoms with E-state index in [4.69, 9.17) is 14.2 Å². The highest BCUT2D eigenvalue weighted by Crippen LogP contribution is 2.48. The summed E-state index contributed by atoms with van der Waals surface area (Å²) in [5.74, 6) is -0.115. The molecule has 4 nitrogen and oxygen atoms in total. The van der Waals surface area contributed by atoms with Gasteiger partial charge in [0.1, 0.15) is 11.3 Å². The Kier molecular flexibility index (Phi) is 4.55. The summed E-state index contributed by atoms with van der Waals surface area (Å²) in [5, 5.41) is 0. The normalized spacial score (nSPS) is 31.8. The van der Waals surface area contributed by atoms with Crippen molar-refractivity contribution in [2.24, 2.45) is 11.8 Å². The summed E-state index contributed by atoms with van der Waals surface area (Å²) in [6.07, 6.45) is 5.49. The van der Waals surface area contributed by atoms with Gasteiger partial charge in [0.15, 0.2) is 0 Å². The molecule has 0 unspecified atom stereocenters. The molecule has 1 aromatic rings. The third kappa shape index (κ3) is 3.16. The van der Waals surface area contributed by atoms with E-state index < -0.39 is 5.79 Å². The number of carbonyl (C=O) groups excluding carboxylic acids is 1. The number of carbonyl (C=O) groups is 1. The van der Waals surface area contributed by atoms with Crippen LogP contribution in [-0.2, 0) is 19.0 Å². The summed E-state index contributed by atoms with van der Waals surface area (Å²) in [4.78, 5) is 12.8. The SMILES string of the molecule is C[C@H]1C2=C(C(=O)OC(C)(C)O2)[C@@H](C2CCCCC2)O[C@H]1c1ccccc1. The van der Waals surface area contributed by atoms with Gasteiger partial charge in [-0.25, -0.2) is 4.79 Å². The Balaban J connectivity index is 1.76. The fraction of sp³-hybridized carbons (Fsp3) is 0.591. The molecule has 1 aliphatic carbocycles. The monoisotopic (exact) mass is 356 g/mol. The first-order chi connectivity index (χ1) is 12.5. The van der Waals surface area contributed by atoms with Gasteiger partial charge in [-0.3, -0.25) is 0 Å². The highest BCUT2D eigenvalue weighted by molar-refractivity contribution is 5.91. The van der Waals surface area contributed by atoms with Crippen molar-refractivity contribution in [3.8, 4) is 0 Å². The minimum absolute atomic E-state index is 0.0284. The number of benzene rings is 1. The highest BCUT2D eigenvalue weighted by Gasteiger charge is 2.49. The van der Waals surface area contributed by atoms with Crippen molar-refractivity contribution in [3.05, 3.63) is 47.2 Å². The molecule has 0 bridgehead atoms. The molecule has 140 valence electrons. The Morgan fingerprint density at radius 1 is 0.962 bits per heavy atom. The Bertz CT molecular complexity index is 700. The van der Waals surface area contributed by atoms with E-state index in [1.54, 1.807) is 13.8 Å². The molecule has 4 rings (SSSR count). The largest absolute Gasteiger partial charge is 0.456 e. The van der Waals surface area contributed by atoms with E-state index in [2.05, 4.69) is 19.1 Å². The molecule has 0 amide bonds. The zero-order valence-corrected chi connectivity index (χ0v) is 15.9. The van der Waals surface area contributed by atoms with Crippen molar-refractivity contribution < 1.29 is 19.0 Å². The molecule has 0 spiro atoms. The first kappa shape index (κ1) is 17.6. The predicted octanol–water partition coefficient (Wildman–Crippen LogP) is 4.91. The summed E-state index contributed by atoms with van der Waals surface area (Å²) in [7, 11) is 0. The van der Waals surface area contributed by atoms with E-state index in [0.717, 1.165) is 24.2 Å². The van der Waals surface area contributed by atoms with Crippen molar-refractivity contribution in [1.29, 1.82) is 0 Å². The lowest BCUT2D eigenvalue weighted by Crippen LogP contribution is -2.47. The zero-order chi connectivity index (χ0) is 18.3. The van der Waals surface area contributed by atoms with Crippen LogP contribution in [0.4, 0.5) is 0 Å². The Labute approximate surface area is 155 Å². The van der Waals surface area contributed by atoms with Crippen LogP contribution >= 0.6 is 0 Å². The van der Waals surface area contributed by atoms with Crippen LogP contribution in [0.2, 0.25) is 0 Å². The van der Waals surface area contributed by atoms with Gasteiger partial charge in [-0.05, 0) is 24.3 Å². The molecular weight excluding hydrogens is 328 g/mol. The van der Waals surface area contributed by atoms with Gasteiger partial charge in [0, 0.05) is 19.8 Å². The van der Waals surface area contributed by atoms with E-state index in [9.17, 15) is 4.79 Å². The molecule has 2 aliphatic heterocycles. The van der Waals surface area contributed by atoms with E-state index in [-0.39, 0.29) is 24.1 Å². The second kappa shape index (κ2) is 6.73. The highest BCUT2D eigenvalue weighted by atomic mass is 16.7. The molecule has 0 saturated heterocycles. The van der Waals surface area contributed by atoms with E-state index in [1.165, 1.54) is 19.3 Å². The molecule has 4 heteroatoms. The van der Waals surface area contributed by atoms with Gasteiger partial charge in [-0.15, -0.1) is 0 Å². The smallest absolute Gasteiger partial charge is 0.343 e. The first-order valence-corrected chi connectivity index (χ1v) is 9.83. The van der Waals surface area contributed by atoms with E-state index in [1.807, 2.05) is 18.2 Å². The molecule has 1 fully saturated rings. The van der Waals surface area contributed by atoms with E-state index >= 15 is 0 Å². The van der Waals surface area contributed by atoms with Crippen molar-refractivity contribution in [3.63, 3.8) is 0 Å². The van der Waals surface area contributed by atoms with Crippen LogP contribution in [0.25, 0.3) is 0 Å². The molecule has 1 aromatic carbocycles. The summed E-state index contributed by atoms with van der Waals surface area (Å²) < 4.78 is 18.3. The van der Waals surface area contributed by atoms with Crippen LogP contribution in [-0.4, -0.2) is 17.9 Å². The molecule has 0 aromatic heterocycles. The standard InChI is InChI=1S/C22H28O4/c1-14-18(15-10-6-4-7-11-15)24-20(16-12-8-5-9-13-16)17-19(14)25-22(2,3)26-21(17)23/h4,6-7,10-11,14,16,18,20H,5,8-9,12-13H2,1-3H3/t14-,18-,20-/m1/s1. The van der Waals surface area contributed by atoms with Gasteiger partial charge in [0.2, 0.25) is 5.79 Å². The number of hydrogen-bond donors (Lipinski definition) is 0. The Morgan fingerprint density at radius 3 is 2.35 bits per heavy atom. The van der Waals surface area contributed by atoms with Gasteiger partial charge >= 0.3 is 5.97 Å². The minimum atomic E-state index is -0.931. The summed E-state index contributed by atoms with van der Waals surface area (Å²) in [6, 6.07) is 10.3. The maximum absolute atomic E-state index is 12.8. The van der Waals surface area contributed by atoms with Crippen LogP contribution in [0.3, 0.4) is 0 Å². The average Bonchev–Trinajstić information content (AvgIpc) is 2.63. The van der Waals surface area contributed by atoms with Crippen LogP contribution in [0, 0.1) is 11.8 Å². The predicted molar refractivity (Wildman–Crippen MR) is 98.1 cm³/mol. The van der Waals surface area contributed by atoms with Crippen molar-refractivity contribution in [2.75, 3.05) is 0 Å². The molecule has 0 N–H and O–H groups in total. The maximum atomic E-state index is 12.8. The molecule has 1 saturated carbocycles. The summed E-state index contributed by atoms with van der Waals surface area (Å²) in [5.41, 5.74) is 1.75. The van der Waals surface area contributed by atoms with Gasteiger partial charge in [0.25, 0.3) is 0 Å². The fourth-order valence-corrected chi connectivity index (χ4v) is 4.59. The van der Waals surface area contributed by atoms with Crippen LogP contribution in [0.15, 0.2) is 41.7 Å². The van der Waals surface area contributed by atoms with Gasteiger partial charge < -0.3 is 14.2 Å².